The minimum absolute atomic E-state index is 0.683. The minimum Gasteiger partial charge on any atom is -0.362 e. The van der Waals surface area contributed by atoms with Gasteiger partial charge in [0, 0.05) is 25.0 Å². The molecule has 0 atom stereocenters. The van der Waals surface area contributed by atoms with Gasteiger partial charge in [0.25, 0.3) is 0 Å². The van der Waals surface area contributed by atoms with Crippen LogP contribution in [0.2, 0.25) is 0 Å². The van der Waals surface area contributed by atoms with Crippen LogP contribution in [0.5, 0.6) is 0 Å². The molecule has 1 aliphatic carbocycles. The topological polar surface area (TPSA) is 41.9 Å². The van der Waals surface area contributed by atoms with Crippen molar-refractivity contribution in [2.24, 2.45) is 7.05 Å². The SMILES string of the molecule is Cc1nn(C)c(C)c1CCNC(=S)Nc1ccc2c(c1)CCC2. The summed E-state index contributed by atoms with van der Waals surface area (Å²) >= 11 is 5.41. The van der Waals surface area contributed by atoms with Gasteiger partial charge >= 0.3 is 0 Å². The lowest BCUT2D eigenvalue weighted by Gasteiger charge is -2.12. The van der Waals surface area contributed by atoms with Crippen molar-refractivity contribution >= 4 is 23.0 Å². The fraction of sp³-hybridized carbons (Fsp3) is 0.444. The number of rotatable bonds is 4. The fourth-order valence-electron chi connectivity index (χ4n) is 3.31. The Hall–Kier alpha value is -1.88. The number of benzene rings is 1. The fourth-order valence-corrected chi connectivity index (χ4v) is 3.53. The standard InChI is InChI=1S/C18H24N4S/c1-12-17(13(2)22(3)21-12)9-10-19-18(23)20-16-8-7-14-5-4-6-15(14)11-16/h7-8,11H,4-6,9-10H2,1-3H3,(H2,19,20,23). The molecular formula is C18H24N4S. The Morgan fingerprint density at radius 3 is 2.78 bits per heavy atom. The summed E-state index contributed by atoms with van der Waals surface area (Å²) < 4.78 is 1.94. The van der Waals surface area contributed by atoms with E-state index in [0.717, 1.165) is 24.3 Å². The molecule has 0 saturated carbocycles. The number of fused-ring (bicyclic) bond motifs is 1. The molecule has 23 heavy (non-hydrogen) atoms. The first-order chi connectivity index (χ1) is 11.0. The Bertz CT molecular complexity index is 733. The third-order valence-electron chi connectivity index (χ3n) is 4.68. The lowest BCUT2D eigenvalue weighted by Crippen LogP contribution is -2.30. The Balaban J connectivity index is 1.52. The zero-order valence-corrected chi connectivity index (χ0v) is 14.9. The normalized spacial score (nSPS) is 13.0. The van der Waals surface area contributed by atoms with Crippen molar-refractivity contribution in [3.8, 4) is 0 Å². The van der Waals surface area contributed by atoms with Gasteiger partial charge in [-0.15, -0.1) is 0 Å². The quantitative estimate of drug-likeness (QED) is 0.847. The predicted molar refractivity (Wildman–Crippen MR) is 99.1 cm³/mol. The van der Waals surface area contributed by atoms with E-state index in [4.69, 9.17) is 12.2 Å². The zero-order valence-electron chi connectivity index (χ0n) is 14.1. The van der Waals surface area contributed by atoms with Gasteiger partial charge < -0.3 is 10.6 Å². The summed E-state index contributed by atoms with van der Waals surface area (Å²) in [6, 6.07) is 6.56. The van der Waals surface area contributed by atoms with Gasteiger partial charge in [-0.25, -0.2) is 0 Å². The first-order valence-corrected chi connectivity index (χ1v) is 8.61. The molecule has 0 amide bonds. The first kappa shape index (κ1) is 16.0. The van der Waals surface area contributed by atoms with Crippen molar-refractivity contribution < 1.29 is 0 Å². The number of hydrogen-bond donors (Lipinski definition) is 2. The lowest BCUT2D eigenvalue weighted by atomic mass is 10.1. The van der Waals surface area contributed by atoms with Crippen molar-refractivity contribution in [1.29, 1.82) is 0 Å². The van der Waals surface area contributed by atoms with Crippen molar-refractivity contribution in [3.63, 3.8) is 0 Å². The smallest absolute Gasteiger partial charge is 0.170 e. The van der Waals surface area contributed by atoms with Crippen LogP contribution in [-0.4, -0.2) is 21.4 Å². The Labute approximate surface area is 143 Å². The van der Waals surface area contributed by atoms with Gasteiger partial charge in [-0.05, 0) is 80.6 Å². The van der Waals surface area contributed by atoms with Gasteiger partial charge in [-0.2, -0.15) is 5.10 Å². The Morgan fingerprint density at radius 2 is 2.04 bits per heavy atom. The van der Waals surface area contributed by atoms with Gasteiger partial charge in [0.15, 0.2) is 5.11 Å². The summed E-state index contributed by atoms with van der Waals surface area (Å²) in [4.78, 5) is 0. The molecule has 1 aromatic carbocycles. The molecule has 0 saturated heterocycles. The van der Waals surface area contributed by atoms with E-state index in [1.165, 1.54) is 41.6 Å². The van der Waals surface area contributed by atoms with Crippen LogP contribution in [0, 0.1) is 13.8 Å². The Kier molecular flexibility index (Phi) is 4.66. The highest BCUT2D eigenvalue weighted by Crippen LogP contribution is 2.24. The monoisotopic (exact) mass is 328 g/mol. The van der Waals surface area contributed by atoms with Crippen LogP contribution in [0.1, 0.15) is 34.5 Å². The minimum atomic E-state index is 0.683. The molecule has 5 heteroatoms. The summed E-state index contributed by atoms with van der Waals surface area (Å²) in [5, 5.41) is 11.7. The van der Waals surface area contributed by atoms with Crippen LogP contribution in [-0.2, 0) is 26.3 Å². The average molecular weight is 328 g/mol. The highest BCUT2D eigenvalue weighted by Gasteiger charge is 2.11. The summed E-state index contributed by atoms with van der Waals surface area (Å²) in [5.41, 5.74) is 7.65. The maximum atomic E-state index is 5.41. The van der Waals surface area contributed by atoms with Crippen molar-refractivity contribution in [3.05, 3.63) is 46.3 Å². The average Bonchev–Trinajstić information content (AvgIpc) is 3.06. The predicted octanol–water partition coefficient (Wildman–Crippen LogP) is 3.05. The van der Waals surface area contributed by atoms with Crippen LogP contribution >= 0.6 is 12.2 Å². The van der Waals surface area contributed by atoms with Crippen LogP contribution in [0.15, 0.2) is 18.2 Å². The molecule has 0 radical (unpaired) electrons. The summed E-state index contributed by atoms with van der Waals surface area (Å²) in [5.74, 6) is 0. The number of hydrogen-bond acceptors (Lipinski definition) is 2. The molecular weight excluding hydrogens is 304 g/mol. The third-order valence-corrected chi connectivity index (χ3v) is 4.92. The number of nitrogens with zero attached hydrogens (tertiary/aromatic N) is 2. The third kappa shape index (κ3) is 3.55. The summed E-state index contributed by atoms with van der Waals surface area (Å²) in [6.45, 7) is 4.98. The molecule has 1 aromatic heterocycles. The molecule has 2 aromatic rings. The van der Waals surface area contributed by atoms with Crippen LogP contribution < -0.4 is 10.6 Å². The van der Waals surface area contributed by atoms with E-state index in [0.29, 0.717) is 5.11 Å². The van der Waals surface area contributed by atoms with Crippen LogP contribution in [0.3, 0.4) is 0 Å². The highest BCUT2D eigenvalue weighted by molar-refractivity contribution is 7.80. The number of aromatic nitrogens is 2. The molecule has 4 nitrogen and oxygen atoms in total. The Morgan fingerprint density at radius 1 is 1.26 bits per heavy atom. The molecule has 3 rings (SSSR count). The van der Waals surface area contributed by atoms with Gasteiger partial charge in [0.2, 0.25) is 0 Å². The second-order valence-corrected chi connectivity index (χ2v) is 6.65. The second-order valence-electron chi connectivity index (χ2n) is 6.24. The number of nitrogens with one attached hydrogen (secondary N) is 2. The van der Waals surface area contributed by atoms with Gasteiger partial charge in [-0.1, -0.05) is 6.07 Å². The van der Waals surface area contributed by atoms with Crippen molar-refractivity contribution in [1.82, 2.24) is 15.1 Å². The van der Waals surface area contributed by atoms with Crippen molar-refractivity contribution in [2.45, 2.75) is 39.5 Å². The maximum Gasteiger partial charge on any atom is 0.170 e. The zero-order chi connectivity index (χ0) is 16.4. The molecule has 122 valence electrons. The highest BCUT2D eigenvalue weighted by atomic mass is 32.1. The second kappa shape index (κ2) is 6.71. The maximum absolute atomic E-state index is 5.41. The molecule has 0 bridgehead atoms. The van der Waals surface area contributed by atoms with Crippen LogP contribution in [0.4, 0.5) is 5.69 Å². The van der Waals surface area contributed by atoms with E-state index in [1.807, 2.05) is 11.7 Å². The van der Waals surface area contributed by atoms with E-state index in [-0.39, 0.29) is 0 Å². The summed E-state index contributed by atoms with van der Waals surface area (Å²) in [6.07, 6.45) is 4.59. The number of anilines is 1. The largest absolute Gasteiger partial charge is 0.362 e. The first-order valence-electron chi connectivity index (χ1n) is 8.20. The molecule has 0 spiro atoms. The molecule has 1 aliphatic rings. The number of aryl methyl sites for hydroxylation is 4. The van der Waals surface area contributed by atoms with Gasteiger partial charge in [0.05, 0.1) is 5.69 Å². The molecule has 1 heterocycles. The molecule has 0 fully saturated rings. The molecule has 0 aliphatic heterocycles. The van der Waals surface area contributed by atoms with Gasteiger partial charge in [0.1, 0.15) is 0 Å². The van der Waals surface area contributed by atoms with E-state index in [2.05, 4.69) is 47.8 Å². The van der Waals surface area contributed by atoms with E-state index >= 15 is 0 Å². The molecule has 2 N–H and O–H groups in total. The van der Waals surface area contributed by atoms with E-state index in [1.54, 1.807) is 0 Å². The van der Waals surface area contributed by atoms with Crippen LogP contribution in [0.25, 0.3) is 0 Å². The lowest BCUT2D eigenvalue weighted by molar-refractivity contribution is 0.729. The number of thiocarbonyl (C=S) groups is 1. The van der Waals surface area contributed by atoms with Crippen molar-refractivity contribution in [2.75, 3.05) is 11.9 Å². The van der Waals surface area contributed by atoms with E-state index < -0.39 is 0 Å². The van der Waals surface area contributed by atoms with E-state index in [9.17, 15) is 0 Å². The molecule has 0 unspecified atom stereocenters. The van der Waals surface area contributed by atoms with Gasteiger partial charge in [-0.3, -0.25) is 4.68 Å². The summed E-state index contributed by atoms with van der Waals surface area (Å²) in [7, 11) is 1.99.